The fraction of sp³-hybridized carbons (Fsp3) is 0.310. The normalized spacial score (nSPS) is 15.5. The average Bonchev–Trinajstić information content (AvgIpc) is 2.89. The predicted molar refractivity (Wildman–Crippen MR) is 142 cm³/mol. The lowest BCUT2D eigenvalue weighted by Gasteiger charge is -2.36. The summed E-state index contributed by atoms with van der Waals surface area (Å²) in [5, 5.41) is 6.23. The molecule has 4 rings (SSSR count). The highest BCUT2D eigenvalue weighted by Gasteiger charge is 2.26. The minimum Gasteiger partial charge on any atom is -0.457 e. The number of piperazine rings is 1. The Labute approximate surface area is 210 Å². The van der Waals surface area contributed by atoms with Gasteiger partial charge in [0.2, 0.25) is 5.91 Å². The molecule has 0 saturated carbocycles. The molecule has 3 aromatic carbocycles. The van der Waals surface area contributed by atoms with E-state index >= 15 is 0 Å². The number of nitrogens with one attached hydrogen (secondary N) is 2. The van der Waals surface area contributed by atoms with E-state index in [4.69, 9.17) is 4.74 Å². The molecule has 0 spiro atoms. The molecule has 1 aliphatic heterocycles. The highest BCUT2D eigenvalue weighted by molar-refractivity contribution is 5.94. The van der Waals surface area contributed by atoms with Crippen molar-refractivity contribution in [2.75, 3.05) is 26.2 Å². The van der Waals surface area contributed by atoms with Gasteiger partial charge in [-0.25, -0.2) is 0 Å². The second-order valence-electron chi connectivity index (χ2n) is 8.73. The number of ether oxygens (including phenoxy) is 1. The van der Waals surface area contributed by atoms with E-state index in [-0.39, 0.29) is 20.7 Å². The summed E-state index contributed by atoms with van der Waals surface area (Å²) < 4.78 is 6.14. The van der Waals surface area contributed by atoms with E-state index in [0.29, 0.717) is 36.4 Å². The van der Waals surface area contributed by atoms with Crippen LogP contribution >= 0.6 is 0 Å². The number of carbonyl (C=O) groups excluding carboxylic acids is 2. The number of carbonyl (C=O) groups is 2. The number of amides is 2. The van der Waals surface area contributed by atoms with E-state index in [0.717, 1.165) is 31.6 Å². The molecule has 35 heavy (non-hydrogen) atoms. The second-order valence-corrected chi connectivity index (χ2v) is 8.73. The molecule has 1 fully saturated rings. The first-order valence-corrected chi connectivity index (χ1v) is 12.3. The Morgan fingerprint density at radius 1 is 1.06 bits per heavy atom. The van der Waals surface area contributed by atoms with E-state index < -0.39 is 0 Å². The maximum absolute atomic E-state index is 13.2. The van der Waals surface area contributed by atoms with Gasteiger partial charge in [-0.15, -0.1) is 0 Å². The molecule has 1 aliphatic rings. The van der Waals surface area contributed by atoms with Gasteiger partial charge in [0.05, 0.1) is 0 Å². The summed E-state index contributed by atoms with van der Waals surface area (Å²) in [5.74, 6) is 1.34. The first-order chi connectivity index (χ1) is 17.1. The lowest BCUT2D eigenvalue weighted by atomic mass is 10.0. The molecule has 1 heterocycles. The highest BCUT2D eigenvalue weighted by Crippen LogP contribution is 2.27. The van der Waals surface area contributed by atoms with Crippen LogP contribution in [0.5, 0.6) is 11.5 Å². The van der Waals surface area contributed by atoms with Gasteiger partial charge in [-0.3, -0.25) is 9.59 Å². The zero-order chi connectivity index (χ0) is 24.5. The van der Waals surface area contributed by atoms with E-state index in [2.05, 4.69) is 22.8 Å². The molecular formula is C29H37N3O3. The minimum absolute atomic E-state index is 0. The van der Waals surface area contributed by atoms with Gasteiger partial charge >= 0.3 is 0 Å². The van der Waals surface area contributed by atoms with Crippen LogP contribution in [0.4, 0.5) is 0 Å². The maximum atomic E-state index is 13.2. The fourth-order valence-corrected chi connectivity index (χ4v) is 4.44. The Morgan fingerprint density at radius 2 is 1.86 bits per heavy atom. The number of para-hydroxylation sites is 1. The van der Waals surface area contributed by atoms with Gasteiger partial charge in [-0.2, -0.15) is 0 Å². The van der Waals surface area contributed by atoms with Gasteiger partial charge in [-0.05, 0) is 55.2 Å². The maximum Gasteiger partial charge on any atom is 0.251 e. The molecule has 6 heteroatoms. The van der Waals surface area contributed by atoms with Crippen LogP contribution in [0.25, 0.3) is 0 Å². The first-order valence-electron chi connectivity index (χ1n) is 12.3. The van der Waals surface area contributed by atoms with Crippen molar-refractivity contribution in [1.82, 2.24) is 15.5 Å². The molecule has 1 saturated heterocycles. The van der Waals surface area contributed by atoms with Crippen molar-refractivity contribution in [1.29, 1.82) is 0 Å². The number of hydrogen-bond donors (Lipinski definition) is 2. The quantitative estimate of drug-likeness (QED) is 0.471. The topological polar surface area (TPSA) is 70.7 Å². The Kier molecular flexibility index (Phi) is 8.52. The third kappa shape index (κ3) is 6.70. The molecule has 0 aliphatic carbocycles. The third-order valence-electron chi connectivity index (χ3n) is 6.23. The Hall–Kier alpha value is -3.64. The van der Waals surface area contributed by atoms with E-state index in [1.165, 1.54) is 5.56 Å². The monoisotopic (exact) mass is 475 g/mol. The average molecular weight is 476 g/mol. The number of rotatable bonds is 9. The zero-order valence-corrected chi connectivity index (χ0v) is 20.2. The van der Waals surface area contributed by atoms with Crippen LogP contribution in [-0.4, -0.2) is 48.9 Å². The van der Waals surface area contributed by atoms with Crippen molar-refractivity contribution in [2.45, 2.75) is 32.2 Å². The lowest BCUT2D eigenvalue weighted by Crippen LogP contribution is -2.54. The van der Waals surface area contributed by atoms with Crippen molar-refractivity contribution >= 4 is 11.8 Å². The smallest absolute Gasteiger partial charge is 0.251 e. The molecule has 0 aromatic heterocycles. The van der Waals surface area contributed by atoms with Gasteiger partial charge in [0, 0.05) is 47.1 Å². The molecule has 3 aromatic rings. The number of aryl methyl sites for hydroxylation is 1. The van der Waals surface area contributed by atoms with Gasteiger partial charge in [0.15, 0.2) is 0 Å². The summed E-state index contributed by atoms with van der Waals surface area (Å²) in [5.41, 5.74) is 2.77. The third-order valence-corrected chi connectivity index (χ3v) is 6.23. The predicted octanol–water partition coefficient (Wildman–Crippen LogP) is 4.70. The summed E-state index contributed by atoms with van der Waals surface area (Å²) in [4.78, 5) is 27.4. The van der Waals surface area contributed by atoms with Crippen molar-refractivity contribution in [3.05, 3.63) is 95.6 Å². The minimum atomic E-state index is -0.127. The highest BCUT2D eigenvalue weighted by atomic mass is 16.5. The van der Waals surface area contributed by atoms with Crippen LogP contribution in [0.1, 0.15) is 37.7 Å². The molecule has 2 N–H and O–H groups in total. The van der Waals surface area contributed by atoms with Crippen LogP contribution < -0.4 is 15.4 Å². The largest absolute Gasteiger partial charge is 0.457 e. The van der Waals surface area contributed by atoms with Crippen LogP contribution in [0.2, 0.25) is 0 Å². The Balaban J connectivity index is 0.00000241. The van der Waals surface area contributed by atoms with Crippen molar-refractivity contribution in [3.8, 4) is 11.5 Å². The van der Waals surface area contributed by atoms with Crippen LogP contribution in [-0.2, 0) is 17.6 Å². The van der Waals surface area contributed by atoms with Gasteiger partial charge in [-0.1, -0.05) is 54.6 Å². The van der Waals surface area contributed by atoms with Crippen molar-refractivity contribution in [2.24, 2.45) is 0 Å². The van der Waals surface area contributed by atoms with Crippen molar-refractivity contribution < 1.29 is 17.2 Å². The lowest BCUT2D eigenvalue weighted by molar-refractivity contribution is -0.134. The summed E-state index contributed by atoms with van der Waals surface area (Å²) >= 11 is 0. The van der Waals surface area contributed by atoms with Gasteiger partial charge < -0.3 is 20.3 Å². The van der Waals surface area contributed by atoms with Gasteiger partial charge in [0.1, 0.15) is 11.5 Å². The zero-order valence-electron chi connectivity index (χ0n) is 20.2. The van der Waals surface area contributed by atoms with E-state index in [1.807, 2.05) is 66.4 Å². The molecule has 0 bridgehead atoms. The number of nitrogens with zero attached hydrogens (tertiary/aromatic N) is 1. The molecule has 0 radical (unpaired) electrons. The standard InChI is InChI=1S/C29H33N3O3.2H2/c1-2-31-29(34)24-12-8-13-26(20-24)35-27-14-7-6-11-23(27)15-16-28(33)32-18-17-30-21-25(32)19-22-9-4-3-5-10-22;;/h3-14,20,25,30H,2,15-19,21H2,1H3,(H,31,34);2*1H/t25-;;/m1../s1. The van der Waals surface area contributed by atoms with Crippen LogP contribution in [0.15, 0.2) is 78.9 Å². The number of benzene rings is 3. The molecule has 6 nitrogen and oxygen atoms in total. The first kappa shape index (κ1) is 24.5. The summed E-state index contributed by atoms with van der Waals surface area (Å²) in [6.07, 6.45) is 1.86. The molecule has 0 unspecified atom stereocenters. The summed E-state index contributed by atoms with van der Waals surface area (Å²) in [7, 11) is 0. The van der Waals surface area contributed by atoms with E-state index in [9.17, 15) is 9.59 Å². The molecule has 1 atom stereocenters. The number of hydrogen-bond acceptors (Lipinski definition) is 4. The van der Waals surface area contributed by atoms with Gasteiger partial charge in [0.25, 0.3) is 5.91 Å². The summed E-state index contributed by atoms with van der Waals surface area (Å²) in [6.45, 7) is 4.81. The fourth-order valence-electron chi connectivity index (χ4n) is 4.44. The van der Waals surface area contributed by atoms with Crippen molar-refractivity contribution in [3.63, 3.8) is 0 Å². The summed E-state index contributed by atoms with van der Waals surface area (Å²) in [6, 6.07) is 25.4. The molecule has 2 amide bonds. The van der Waals surface area contributed by atoms with Crippen LogP contribution in [0, 0.1) is 0 Å². The Morgan fingerprint density at radius 3 is 2.69 bits per heavy atom. The molecule has 186 valence electrons. The second kappa shape index (κ2) is 12.2. The van der Waals surface area contributed by atoms with Crippen LogP contribution in [0.3, 0.4) is 0 Å². The SMILES string of the molecule is CCNC(=O)c1cccc(Oc2ccccc2CCC(=O)N2CCNC[C@H]2Cc2ccccc2)c1.[HH].[HH]. The Bertz CT molecular complexity index is 1140. The van der Waals surface area contributed by atoms with E-state index in [1.54, 1.807) is 12.1 Å². The molecular weight excluding hydrogens is 438 g/mol.